The number of aryl methyl sites for hydroxylation is 4. The van der Waals surface area contributed by atoms with E-state index in [2.05, 4.69) is 132 Å². The number of nitrogens with zero attached hydrogens (tertiary/aromatic N) is 2. The Bertz CT molecular complexity index is 2120. The molecule has 0 saturated carbocycles. The third-order valence-electron chi connectivity index (χ3n) is 8.13. The molecule has 0 bridgehead atoms. The third kappa shape index (κ3) is 6.93. The molecule has 0 unspecified atom stereocenters. The molecule has 0 amide bonds. The van der Waals surface area contributed by atoms with Gasteiger partial charge in [0.15, 0.2) is 0 Å². The molecule has 3 heterocycles. The number of fused-ring (bicyclic) bond motifs is 5. The van der Waals surface area contributed by atoms with Crippen LogP contribution in [0.4, 0.5) is 0 Å². The van der Waals surface area contributed by atoms with Crippen LogP contribution in [0.1, 0.15) is 48.6 Å². The van der Waals surface area contributed by atoms with E-state index in [0.717, 1.165) is 56.3 Å². The van der Waals surface area contributed by atoms with Crippen LogP contribution in [0, 0.1) is 45.2 Å². The summed E-state index contributed by atoms with van der Waals surface area (Å²) >= 11 is 0. The largest absolute Gasteiger partial charge is 0.500 e. The molecular formula is C41H38IrN2O-2. The molecule has 0 N–H and O–H groups in total. The summed E-state index contributed by atoms with van der Waals surface area (Å²) in [6.07, 6.45) is 4.90. The third-order valence-corrected chi connectivity index (χ3v) is 8.13. The van der Waals surface area contributed by atoms with E-state index in [0.29, 0.717) is 0 Å². The molecule has 0 aliphatic rings. The first-order chi connectivity index (χ1) is 21.1. The molecule has 0 aliphatic heterocycles. The Kier molecular flexibility index (Phi) is 9.39. The number of hydrogen-bond acceptors (Lipinski definition) is 3. The van der Waals surface area contributed by atoms with E-state index in [1.807, 2.05) is 24.5 Å². The SMILES string of the molecule is Cc1c[c-]c(-c2cc(C)c(C)cn2)cc1.Cc1cnc(-c2[c-]ccc3c2oc2c4ccccc4ccc32)cc1CC(C)(C)C.[Ir]. The van der Waals surface area contributed by atoms with E-state index in [9.17, 15) is 0 Å². The molecule has 0 fully saturated rings. The minimum absolute atomic E-state index is 0. The van der Waals surface area contributed by atoms with Crippen molar-refractivity contribution in [1.29, 1.82) is 0 Å². The monoisotopic (exact) mass is 767 g/mol. The van der Waals surface area contributed by atoms with Gasteiger partial charge in [-0.2, -0.15) is 0 Å². The predicted molar refractivity (Wildman–Crippen MR) is 184 cm³/mol. The van der Waals surface area contributed by atoms with Crippen LogP contribution in [0.15, 0.2) is 95.7 Å². The van der Waals surface area contributed by atoms with Crippen molar-refractivity contribution in [2.45, 2.75) is 54.9 Å². The van der Waals surface area contributed by atoms with Crippen LogP contribution in [0.5, 0.6) is 0 Å². The fraction of sp³-hybridized carbons (Fsp3) is 0.220. The second kappa shape index (κ2) is 13.1. The van der Waals surface area contributed by atoms with Crippen molar-refractivity contribution in [3.8, 4) is 22.5 Å². The second-order valence-electron chi connectivity index (χ2n) is 13.0. The summed E-state index contributed by atoms with van der Waals surface area (Å²) in [5, 5.41) is 4.57. The number of hydrogen-bond donors (Lipinski definition) is 0. The minimum Gasteiger partial charge on any atom is -0.500 e. The van der Waals surface area contributed by atoms with Crippen LogP contribution >= 0.6 is 0 Å². The van der Waals surface area contributed by atoms with Gasteiger partial charge < -0.3 is 14.4 Å². The van der Waals surface area contributed by atoms with E-state index >= 15 is 0 Å². The molecule has 3 nitrogen and oxygen atoms in total. The molecule has 0 aliphatic carbocycles. The zero-order chi connectivity index (χ0) is 31.0. The average molecular weight is 767 g/mol. The summed E-state index contributed by atoms with van der Waals surface area (Å²) in [5.74, 6) is 0. The quantitative estimate of drug-likeness (QED) is 0.168. The topological polar surface area (TPSA) is 38.9 Å². The zero-order valence-corrected chi connectivity index (χ0v) is 29.4. The number of aromatic nitrogens is 2. The van der Waals surface area contributed by atoms with Crippen LogP contribution < -0.4 is 0 Å². The first kappa shape index (κ1) is 32.3. The summed E-state index contributed by atoms with van der Waals surface area (Å²) < 4.78 is 6.45. The standard InChI is InChI=1S/C27H24NO.C14H14N.Ir/c1-17-16-28-24(14-19(17)15-27(2,3)4)23-11-7-10-21-22-13-12-18-8-5-6-9-20(18)25(22)29-26(21)23;1-10-4-6-13(7-5-10)14-8-11(2)12(3)9-15-14;/h5-10,12-14,16H,15H2,1-4H3;4-6,8-9H,1-3H3;/q2*-1;. The molecule has 7 rings (SSSR count). The van der Waals surface area contributed by atoms with Crippen LogP contribution in [0.3, 0.4) is 0 Å². The van der Waals surface area contributed by atoms with Crippen molar-refractivity contribution < 1.29 is 24.5 Å². The summed E-state index contributed by atoms with van der Waals surface area (Å²) in [6, 6.07) is 33.8. The van der Waals surface area contributed by atoms with E-state index in [-0.39, 0.29) is 25.5 Å². The van der Waals surface area contributed by atoms with Gasteiger partial charge in [-0.05, 0) is 60.5 Å². The Hall–Kier alpha value is -4.11. The van der Waals surface area contributed by atoms with Crippen LogP contribution in [0.2, 0.25) is 0 Å². The maximum atomic E-state index is 6.45. The average Bonchev–Trinajstić information content (AvgIpc) is 3.39. The van der Waals surface area contributed by atoms with Gasteiger partial charge >= 0.3 is 0 Å². The van der Waals surface area contributed by atoms with Gasteiger partial charge in [0.1, 0.15) is 5.58 Å². The van der Waals surface area contributed by atoms with Gasteiger partial charge in [-0.15, -0.1) is 53.6 Å². The summed E-state index contributed by atoms with van der Waals surface area (Å²) in [7, 11) is 0. The minimum atomic E-state index is 0. The number of benzene rings is 4. The van der Waals surface area contributed by atoms with Crippen molar-refractivity contribution in [2.75, 3.05) is 0 Å². The molecule has 4 heteroatoms. The molecule has 4 aromatic carbocycles. The maximum absolute atomic E-state index is 6.45. The molecule has 0 atom stereocenters. The van der Waals surface area contributed by atoms with Crippen LogP contribution in [0.25, 0.3) is 55.2 Å². The zero-order valence-electron chi connectivity index (χ0n) is 27.0. The van der Waals surface area contributed by atoms with Gasteiger partial charge in [0.2, 0.25) is 0 Å². The van der Waals surface area contributed by atoms with E-state index in [1.165, 1.54) is 33.2 Å². The maximum Gasteiger partial charge on any atom is 0.128 e. The Morgan fingerprint density at radius 2 is 1.42 bits per heavy atom. The van der Waals surface area contributed by atoms with E-state index in [4.69, 9.17) is 9.40 Å². The van der Waals surface area contributed by atoms with E-state index < -0.39 is 0 Å². The summed E-state index contributed by atoms with van der Waals surface area (Å²) in [5.41, 5.74) is 12.2. The molecule has 45 heavy (non-hydrogen) atoms. The van der Waals surface area contributed by atoms with Crippen LogP contribution in [-0.4, -0.2) is 9.97 Å². The van der Waals surface area contributed by atoms with E-state index in [1.54, 1.807) is 0 Å². The van der Waals surface area contributed by atoms with Gasteiger partial charge in [0.05, 0.1) is 5.58 Å². The second-order valence-corrected chi connectivity index (χ2v) is 13.0. The molecule has 229 valence electrons. The number of pyridine rings is 2. The molecule has 7 aromatic rings. The number of furan rings is 1. The molecule has 0 spiro atoms. The Morgan fingerprint density at radius 1 is 0.689 bits per heavy atom. The fourth-order valence-electron chi connectivity index (χ4n) is 5.56. The molecular weight excluding hydrogens is 729 g/mol. The van der Waals surface area contributed by atoms with Gasteiger partial charge in [0, 0.05) is 43.3 Å². The molecule has 0 saturated heterocycles. The van der Waals surface area contributed by atoms with Gasteiger partial charge in [0.25, 0.3) is 0 Å². The Balaban J connectivity index is 0.000000212. The van der Waals surface area contributed by atoms with Crippen molar-refractivity contribution >= 4 is 32.7 Å². The Labute approximate surface area is 280 Å². The predicted octanol–water partition coefficient (Wildman–Crippen LogP) is 11.0. The smallest absolute Gasteiger partial charge is 0.128 e. The van der Waals surface area contributed by atoms with Gasteiger partial charge in [-0.25, -0.2) is 0 Å². The number of rotatable bonds is 3. The fourth-order valence-corrected chi connectivity index (χ4v) is 5.56. The van der Waals surface area contributed by atoms with Crippen molar-refractivity contribution in [3.05, 3.63) is 131 Å². The summed E-state index contributed by atoms with van der Waals surface area (Å²) in [4.78, 5) is 9.14. The van der Waals surface area contributed by atoms with Crippen molar-refractivity contribution in [1.82, 2.24) is 9.97 Å². The molecule has 3 aromatic heterocycles. The normalized spacial score (nSPS) is 11.4. The molecule has 1 radical (unpaired) electrons. The van der Waals surface area contributed by atoms with Crippen LogP contribution in [-0.2, 0) is 26.5 Å². The van der Waals surface area contributed by atoms with Crippen molar-refractivity contribution in [2.24, 2.45) is 5.41 Å². The Morgan fingerprint density at radius 3 is 2.16 bits per heavy atom. The first-order valence-electron chi connectivity index (χ1n) is 15.2. The first-order valence-corrected chi connectivity index (χ1v) is 15.2. The van der Waals surface area contributed by atoms with Gasteiger partial charge in [-0.3, -0.25) is 0 Å². The van der Waals surface area contributed by atoms with Crippen molar-refractivity contribution in [3.63, 3.8) is 0 Å². The summed E-state index contributed by atoms with van der Waals surface area (Å²) in [6.45, 7) is 15.2. The van der Waals surface area contributed by atoms with Gasteiger partial charge in [-0.1, -0.05) is 98.3 Å².